The minimum Gasteiger partial charge on any atom is -0.378 e. The Balaban J connectivity index is 1.34. The standard InChI is InChI=1S/C22H28N4O2/c1-2-16-3-5-17(6-4-16)14-23-21(27)18-7-8-20-19(13-18)15-24-22(25-20)26-9-11-28-12-10-26/h3-6,15,18H,2,7-14H2,1H3,(H,23,27)/t18-/m0/s1. The van der Waals surface area contributed by atoms with Crippen LogP contribution in [-0.2, 0) is 35.3 Å². The lowest BCUT2D eigenvalue weighted by atomic mass is 9.86. The molecule has 2 aliphatic rings. The number of carbonyl (C=O) groups excluding carboxylic acids is 1. The summed E-state index contributed by atoms with van der Waals surface area (Å²) in [7, 11) is 0. The second-order valence-corrected chi connectivity index (χ2v) is 7.57. The van der Waals surface area contributed by atoms with E-state index in [4.69, 9.17) is 9.72 Å². The van der Waals surface area contributed by atoms with Crippen molar-refractivity contribution in [2.24, 2.45) is 5.92 Å². The van der Waals surface area contributed by atoms with Gasteiger partial charge in [-0.15, -0.1) is 0 Å². The zero-order chi connectivity index (χ0) is 19.3. The summed E-state index contributed by atoms with van der Waals surface area (Å²) in [5, 5.41) is 3.10. The van der Waals surface area contributed by atoms with E-state index in [9.17, 15) is 4.79 Å². The van der Waals surface area contributed by atoms with Gasteiger partial charge in [0.05, 0.1) is 13.2 Å². The summed E-state index contributed by atoms with van der Waals surface area (Å²) in [6.07, 6.45) is 5.34. The van der Waals surface area contributed by atoms with Crippen molar-refractivity contribution in [1.82, 2.24) is 15.3 Å². The molecule has 28 heavy (non-hydrogen) atoms. The lowest BCUT2D eigenvalue weighted by molar-refractivity contribution is -0.125. The number of amides is 1. The van der Waals surface area contributed by atoms with Gasteiger partial charge in [0.2, 0.25) is 11.9 Å². The number of morpholine rings is 1. The Morgan fingerprint density at radius 2 is 1.96 bits per heavy atom. The van der Waals surface area contributed by atoms with Gasteiger partial charge < -0.3 is 15.0 Å². The Labute approximate surface area is 166 Å². The number of aryl methyl sites for hydroxylation is 2. The first-order chi connectivity index (χ1) is 13.7. The molecule has 1 aliphatic heterocycles. The van der Waals surface area contributed by atoms with Gasteiger partial charge in [-0.1, -0.05) is 31.2 Å². The zero-order valence-electron chi connectivity index (χ0n) is 16.5. The van der Waals surface area contributed by atoms with E-state index < -0.39 is 0 Å². The molecule has 0 unspecified atom stereocenters. The van der Waals surface area contributed by atoms with Crippen LogP contribution in [0.3, 0.4) is 0 Å². The van der Waals surface area contributed by atoms with Crippen LogP contribution in [0.2, 0.25) is 0 Å². The lowest BCUT2D eigenvalue weighted by Gasteiger charge is -2.28. The quantitative estimate of drug-likeness (QED) is 0.862. The first-order valence-corrected chi connectivity index (χ1v) is 10.3. The molecule has 2 aromatic rings. The Morgan fingerprint density at radius 1 is 1.21 bits per heavy atom. The highest BCUT2D eigenvalue weighted by Crippen LogP contribution is 2.25. The van der Waals surface area contributed by atoms with Crippen LogP contribution >= 0.6 is 0 Å². The number of aromatic nitrogens is 2. The smallest absolute Gasteiger partial charge is 0.225 e. The average molecular weight is 380 g/mol. The van der Waals surface area contributed by atoms with Crippen LogP contribution < -0.4 is 10.2 Å². The predicted molar refractivity (Wildman–Crippen MR) is 108 cm³/mol. The van der Waals surface area contributed by atoms with E-state index in [-0.39, 0.29) is 11.8 Å². The fourth-order valence-corrected chi connectivity index (χ4v) is 3.86. The third-order valence-electron chi connectivity index (χ3n) is 5.70. The van der Waals surface area contributed by atoms with Crippen LogP contribution in [0.15, 0.2) is 30.5 Å². The Bertz CT molecular complexity index is 816. The van der Waals surface area contributed by atoms with Crippen LogP contribution in [0.1, 0.15) is 35.7 Å². The first kappa shape index (κ1) is 18.9. The molecule has 6 nitrogen and oxygen atoms in total. The van der Waals surface area contributed by atoms with E-state index in [0.717, 1.165) is 74.8 Å². The van der Waals surface area contributed by atoms with Gasteiger partial charge in [-0.05, 0) is 42.4 Å². The number of hydrogen-bond donors (Lipinski definition) is 1. The van der Waals surface area contributed by atoms with Crippen molar-refractivity contribution in [2.75, 3.05) is 31.2 Å². The SMILES string of the molecule is CCc1ccc(CNC(=O)[C@H]2CCc3nc(N4CCOCC4)ncc3C2)cc1. The fourth-order valence-electron chi connectivity index (χ4n) is 3.86. The van der Waals surface area contributed by atoms with Gasteiger partial charge in [-0.2, -0.15) is 0 Å². The summed E-state index contributed by atoms with van der Waals surface area (Å²) in [4.78, 5) is 24.1. The highest BCUT2D eigenvalue weighted by atomic mass is 16.5. The molecule has 148 valence electrons. The van der Waals surface area contributed by atoms with E-state index >= 15 is 0 Å². The molecule has 1 atom stereocenters. The topological polar surface area (TPSA) is 67.4 Å². The van der Waals surface area contributed by atoms with E-state index in [0.29, 0.717) is 6.54 Å². The van der Waals surface area contributed by atoms with Gasteiger partial charge in [0.1, 0.15) is 0 Å². The van der Waals surface area contributed by atoms with Crippen molar-refractivity contribution in [2.45, 2.75) is 39.2 Å². The maximum absolute atomic E-state index is 12.6. The van der Waals surface area contributed by atoms with Gasteiger partial charge in [0.25, 0.3) is 0 Å². The van der Waals surface area contributed by atoms with Crippen molar-refractivity contribution in [3.8, 4) is 0 Å². The lowest BCUT2D eigenvalue weighted by Crippen LogP contribution is -2.38. The molecule has 0 spiro atoms. The number of nitrogens with zero attached hydrogens (tertiary/aromatic N) is 3. The van der Waals surface area contributed by atoms with E-state index in [1.165, 1.54) is 5.56 Å². The number of carbonyl (C=O) groups is 1. The number of benzene rings is 1. The van der Waals surface area contributed by atoms with E-state index in [1.54, 1.807) is 0 Å². The summed E-state index contributed by atoms with van der Waals surface area (Å²) in [6.45, 7) is 5.85. The molecule has 0 saturated carbocycles. The van der Waals surface area contributed by atoms with E-state index in [1.807, 2.05) is 6.20 Å². The molecule has 1 N–H and O–H groups in total. The van der Waals surface area contributed by atoms with Crippen molar-refractivity contribution < 1.29 is 9.53 Å². The highest BCUT2D eigenvalue weighted by Gasteiger charge is 2.26. The number of anilines is 1. The molecule has 1 fully saturated rings. The summed E-state index contributed by atoms with van der Waals surface area (Å²) >= 11 is 0. The van der Waals surface area contributed by atoms with Crippen LogP contribution in [0.5, 0.6) is 0 Å². The van der Waals surface area contributed by atoms with Crippen molar-refractivity contribution in [1.29, 1.82) is 0 Å². The molecule has 2 heterocycles. The third kappa shape index (κ3) is 4.33. The first-order valence-electron chi connectivity index (χ1n) is 10.3. The molecule has 0 bridgehead atoms. The van der Waals surface area contributed by atoms with Crippen LogP contribution in [0.25, 0.3) is 0 Å². The second kappa shape index (κ2) is 8.69. The number of rotatable bonds is 5. The zero-order valence-corrected chi connectivity index (χ0v) is 16.5. The molecule has 1 aliphatic carbocycles. The van der Waals surface area contributed by atoms with E-state index in [2.05, 4.69) is 46.4 Å². The van der Waals surface area contributed by atoms with Crippen molar-refractivity contribution in [3.05, 3.63) is 52.8 Å². The number of hydrogen-bond acceptors (Lipinski definition) is 5. The molecule has 4 rings (SSSR count). The number of nitrogens with one attached hydrogen (secondary N) is 1. The molecule has 1 saturated heterocycles. The van der Waals surface area contributed by atoms with Gasteiger partial charge in [-0.25, -0.2) is 9.97 Å². The maximum Gasteiger partial charge on any atom is 0.225 e. The van der Waals surface area contributed by atoms with Gasteiger partial charge in [0.15, 0.2) is 0 Å². The van der Waals surface area contributed by atoms with Crippen LogP contribution in [0, 0.1) is 5.92 Å². The monoisotopic (exact) mass is 380 g/mol. The molecule has 6 heteroatoms. The summed E-state index contributed by atoms with van der Waals surface area (Å²) in [5.41, 5.74) is 4.65. The molecule has 1 aromatic heterocycles. The highest BCUT2D eigenvalue weighted by molar-refractivity contribution is 5.79. The average Bonchev–Trinajstić information content (AvgIpc) is 2.77. The summed E-state index contributed by atoms with van der Waals surface area (Å²) in [6, 6.07) is 8.44. The fraction of sp³-hybridized carbons (Fsp3) is 0.500. The van der Waals surface area contributed by atoms with Crippen LogP contribution in [0.4, 0.5) is 5.95 Å². The van der Waals surface area contributed by atoms with Crippen LogP contribution in [-0.4, -0.2) is 42.2 Å². The normalized spacial score (nSPS) is 19.2. The minimum absolute atomic E-state index is 0.000233. The predicted octanol–water partition coefficient (Wildman–Crippen LogP) is 2.30. The second-order valence-electron chi connectivity index (χ2n) is 7.57. The Kier molecular flexibility index (Phi) is 5.86. The van der Waals surface area contributed by atoms with Crippen molar-refractivity contribution in [3.63, 3.8) is 0 Å². The number of fused-ring (bicyclic) bond motifs is 1. The van der Waals surface area contributed by atoms with Crippen molar-refractivity contribution >= 4 is 11.9 Å². The minimum atomic E-state index is 0.000233. The largest absolute Gasteiger partial charge is 0.378 e. The Morgan fingerprint density at radius 3 is 2.71 bits per heavy atom. The molecule has 1 aromatic carbocycles. The maximum atomic E-state index is 12.6. The molecular weight excluding hydrogens is 352 g/mol. The van der Waals surface area contributed by atoms with Gasteiger partial charge >= 0.3 is 0 Å². The third-order valence-corrected chi connectivity index (χ3v) is 5.70. The number of ether oxygens (including phenoxy) is 1. The molecular formula is C22H28N4O2. The Hall–Kier alpha value is -2.47. The molecule has 1 amide bonds. The molecule has 0 radical (unpaired) electrons. The summed E-state index contributed by atoms with van der Waals surface area (Å²) in [5.74, 6) is 0.920. The van der Waals surface area contributed by atoms with Gasteiger partial charge in [0, 0.05) is 37.4 Å². The summed E-state index contributed by atoms with van der Waals surface area (Å²) < 4.78 is 5.40. The van der Waals surface area contributed by atoms with Gasteiger partial charge in [-0.3, -0.25) is 4.79 Å².